The van der Waals surface area contributed by atoms with Gasteiger partial charge in [0.25, 0.3) is 0 Å². The van der Waals surface area contributed by atoms with Crippen molar-refractivity contribution in [2.75, 3.05) is 0 Å². The van der Waals surface area contributed by atoms with Gasteiger partial charge in [-0.3, -0.25) is 19.2 Å². The van der Waals surface area contributed by atoms with Crippen molar-refractivity contribution in [2.45, 2.75) is 13.2 Å². The summed E-state index contributed by atoms with van der Waals surface area (Å²) in [7, 11) is 0. The number of esters is 2. The molecule has 1 fully saturated rings. The van der Waals surface area contributed by atoms with E-state index in [-0.39, 0.29) is 13.2 Å². The number of benzene rings is 2. The molecule has 4 atom stereocenters. The molecule has 0 spiro atoms. The van der Waals surface area contributed by atoms with Crippen molar-refractivity contribution in [3.63, 3.8) is 0 Å². The van der Waals surface area contributed by atoms with Crippen molar-refractivity contribution in [1.29, 1.82) is 0 Å². The molecule has 0 bridgehead atoms. The molecular weight excluding hydrogens is 440 g/mol. The summed E-state index contributed by atoms with van der Waals surface area (Å²) in [5.41, 5.74) is 18.9. The monoisotopic (exact) mass is 460 g/mol. The summed E-state index contributed by atoms with van der Waals surface area (Å²) in [6.45, 7) is -0.235. The van der Waals surface area contributed by atoms with Crippen molar-refractivity contribution in [2.24, 2.45) is 23.7 Å². The quantitative estimate of drug-likeness (QED) is 0.227. The number of carbonyl (C=O) groups is 4. The van der Waals surface area contributed by atoms with Crippen LogP contribution < -0.4 is 0 Å². The standard InChI is InChI=1S/C24H20N4O6/c25-27-11-17(29)19-20(18(30)12-28-26)22(24(32)34-14-16-9-5-2-6-10-16)21(19)23(31)33-13-15-7-3-1-4-8-15/h1-12,19-22H,13-14H2/t19-,20-,21-,22-/m0/s1. The minimum absolute atomic E-state index is 0.117. The van der Waals surface area contributed by atoms with Gasteiger partial charge < -0.3 is 20.5 Å². The van der Waals surface area contributed by atoms with Gasteiger partial charge in [-0.15, -0.1) is 0 Å². The third kappa shape index (κ3) is 5.45. The van der Waals surface area contributed by atoms with E-state index in [1.165, 1.54) is 0 Å². The number of hydrogen-bond acceptors (Lipinski definition) is 6. The SMILES string of the molecule is [N-]=[N+]=CC(=O)[C@H]1[C@H](C(=O)C=[N+]=[N-])[C@H](C(=O)OCc2ccccc2)[C@H]1C(=O)OCc1ccccc1. The molecule has 0 aliphatic heterocycles. The lowest BCUT2D eigenvalue weighted by molar-refractivity contribution is -0.185. The zero-order valence-corrected chi connectivity index (χ0v) is 17.9. The minimum atomic E-state index is -1.36. The van der Waals surface area contributed by atoms with Crippen LogP contribution in [0.4, 0.5) is 0 Å². The topological polar surface area (TPSA) is 160 Å². The zero-order chi connectivity index (χ0) is 24.5. The summed E-state index contributed by atoms with van der Waals surface area (Å²) in [6, 6.07) is 17.5. The summed E-state index contributed by atoms with van der Waals surface area (Å²) >= 11 is 0. The number of ketones is 2. The molecule has 0 heterocycles. The van der Waals surface area contributed by atoms with Gasteiger partial charge in [0.05, 0.1) is 23.7 Å². The number of ether oxygens (including phenoxy) is 2. The Hall–Kier alpha value is -4.52. The summed E-state index contributed by atoms with van der Waals surface area (Å²) in [5.74, 6) is -8.95. The van der Waals surface area contributed by atoms with Crippen molar-refractivity contribution in [3.8, 4) is 0 Å². The summed E-state index contributed by atoms with van der Waals surface area (Å²) in [5, 5.41) is 0. The second kappa shape index (κ2) is 11.4. The van der Waals surface area contributed by atoms with Crippen molar-refractivity contribution in [1.82, 2.24) is 0 Å². The second-order valence-corrected chi connectivity index (χ2v) is 7.58. The Labute approximate surface area is 194 Å². The molecule has 2 aromatic rings. The minimum Gasteiger partial charge on any atom is -0.461 e. The largest absolute Gasteiger partial charge is 0.461 e. The number of carbonyl (C=O) groups excluding carboxylic acids is 4. The van der Waals surface area contributed by atoms with E-state index in [9.17, 15) is 19.2 Å². The van der Waals surface area contributed by atoms with Gasteiger partial charge in [-0.25, -0.2) is 0 Å². The van der Waals surface area contributed by atoms with E-state index < -0.39 is 47.2 Å². The van der Waals surface area contributed by atoms with Gasteiger partial charge in [0, 0.05) is 0 Å². The average Bonchev–Trinajstić information content (AvgIpc) is 2.82. The predicted octanol–water partition coefficient (Wildman–Crippen LogP) is 1.69. The van der Waals surface area contributed by atoms with E-state index in [1.807, 2.05) is 0 Å². The van der Waals surface area contributed by atoms with E-state index in [0.717, 1.165) is 0 Å². The maximum atomic E-state index is 12.9. The van der Waals surface area contributed by atoms with Gasteiger partial charge in [-0.2, -0.15) is 9.58 Å². The molecule has 1 saturated carbocycles. The first kappa shape index (κ1) is 24.1. The fraction of sp³-hybridized carbons (Fsp3) is 0.250. The molecule has 0 saturated heterocycles. The first-order valence-electron chi connectivity index (χ1n) is 10.3. The molecule has 3 rings (SSSR count). The first-order valence-corrected chi connectivity index (χ1v) is 10.3. The average molecular weight is 460 g/mol. The van der Waals surface area contributed by atoms with Gasteiger partial charge in [-0.1, -0.05) is 60.7 Å². The maximum Gasteiger partial charge on any atom is 0.323 e. The highest BCUT2D eigenvalue weighted by molar-refractivity contribution is 6.33. The highest BCUT2D eigenvalue weighted by Crippen LogP contribution is 2.48. The molecule has 1 aliphatic rings. The van der Waals surface area contributed by atoms with Crippen LogP contribution in [0.1, 0.15) is 11.1 Å². The fourth-order valence-electron chi connectivity index (χ4n) is 3.98. The molecule has 0 unspecified atom stereocenters. The number of Topliss-reactive ketones (excluding diaryl/α,β-unsaturated/α-hetero) is 2. The number of nitrogens with zero attached hydrogens (tertiary/aromatic N) is 4. The molecule has 0 amide bonds. The molecule has 0 radical (unpaired) electrons. The Balaban J connectivity index is 1.87. The molecule has 0 N–H and O–H groups in total. The van der Waals surface area contributed by atoms with Crippen LogP contribution in [0, 0.1) is 23.7 Å². The van der Waals surface area contributed by atoms with E-state index in [4.69, 9.17) is 20.5 Å². The maximum absolute atomic E-state index is 12.9. The number of hydrogen-bond donors (Lipinski definition) is 0. The van der Waals surface area contributed by atoms with Crippen LogP contribution in [0.5, 0.6) is 0 Å². The smallest absolute Gasteiger partial charge is 0.323 e. The van der Waals surface area contributed by atoms with Crippen LogP contribution in [-0.4, -0.2) is 45.5 Å². The van der Waals surface area contributed by atoms with Gasteiger partial charge >= 0.3 is 24.4 Å². The van der Waals surface area contributed by atoms with Crippen LogP contribution in [0.15, 0.2) is 60.7 Å². The van der Waals surface area contributed by atoms with Crippen molar-refractivity contribution < 1.29 is 38.2 Å². The Morgan fingerprint density at radius 1 is 0.647 bits per heavy atom. The summed E-state index contributed by atoms with van der Waals surface area (Å²) in [6.07, 6.45) is 1.09. The molecule has 172 valence electrons. The van der Waals surface area contributed by atoms with Crippen LogP contribution in [0.25, 0.3) is 11.1 Å². The van der Waals surface area contributed by atoms with Crippen LogP contribution in [0.2, 0.25) is 0 Å². The highest BCUT2D eigenvalue weighted by atomic mass is 16.5. The van der Waals surface area contributed by atoms with Gasteiger partial charge in [-0.05, 0) is 11.1 Å². The van der Waals surface area contributed by atoms with E-state index in [0.29, 0.717) is 23.6 Å². The molecular formula is C24H20N4O6. The first-order chi connectivity index (χ1) is 16.5. The Kier molecular flexibility index (Phi) is 8.07. The third-order valence-electron chi connectivity index (χ3n) is 5.57. The third-order valence-corrected chi connectivity index (χ3v) is 5.57. The van der Waals surface area contributed by atoms with E-state index in [2.05, 4.69) is 9.58 Å². The Morgan fingerprint density at radius 3 is 1.32 bits per heavy atom. The summed E-state index contributed by atoms with van der Waals surface area (Å²) < 4.78 is 10.6. The summed E-state index contributed by atoms with van der Waals surface area (Å²) in [4.78, 5) is 56.4. The van der Waals surface area contributed by atoms with Gasteiger partial charge in [0.15, 0.2) is 0 Å². The van der Waals surface area contributed by atoms with Crippen LogP contribution >= 0.6 is 0 Å². The molecule has 2 aromatic carbocycles. The highest BCUT2D eigenvalue weighted by Gasteiger charge is 2.65. The molecule has 10 nitrogen and oxygen atoms in total. The van der Waals surface area contributed by atoms with Crippen molar-refractivity contribution in [3.05, 3.63) is 82.9 Å². The lowest BCUT2D eigenvalue weighted by atomic mass is 9.54. The molecule has 1 aliphatic carbocycles. The second-order valence-electron chi connectivity index (χ2n) is 7.58. The van der Waals surface area contributed by atoms with Crippen LogP contribution in [0.3, 0.4) is 0 Å². The Bertz CT molecular complexity index is 1080. The van der Waals surface area contributed by atoms with Crippen molar-refractivity contribution >= 4 is 35.9 Å². The Morgan fingerprint density at radius 2 is 1.00 bits per heavy atom. The van der Waals surface area contributed by atoms with E-state index >= 15 is 0 Å². The van der Waals surface area contributed by atoms with E-state index in [1.54, 1.807) is 60.7 Å². The van der Waals surface area contributed by atoms with Crippen LogP contribution in [-0.2, 0) is 41.9 Å². The predicted molar refractivity (Wildman–Crippen MR) is 116 cm³/mol. The zero-order valence-electron chi connectivity index (χ0n) is 17.9. The number of rotatable bonds is 10. The fourth-order valence-corrected chi connectivity index (χ4v) is 3.98. The molecule has 10 heteroatoms. The normalized spacial score (nSPS) is 20.5. The lowest BCUT2D eigenvalue weighted by Crippen LogP contribution is -2.61. The van der Waals surface area contributed by atoms with Gasteiger partial charge in [0.2, 0.25) is 11.6 Å². The van der Waals surface area contributed by atoms with Gasteiger partial charge in [0.1, 0.15) is 13.2 Å². The lowest BCUT2D eigenvalue weighted by Gasteiger charge is -2.44. The molecule has 0 aromatic heterocycles. The molecule has 34 heavy (non-hydrogen) atoms.